The second-order valence-electron chi connectivity index (χ2n) is 7.85. The fourth-order valence-corrected chi connectivity index (χ4v) is 2.59. The van der Waals surface area contributed by atoms with Crippen molar-refractivity contribution in [3.8, 4) is 5.75 Å². The monoisotopic (exact) mass is 320 g/mol. The quantitative estimate of drug-likeness (QED) is 0.573. The summed E-state index contributed by atoms with van der Waals surface area (Å²) >= 11 is 0. The third-order valence-electron chi connectivity index (χ3n) is 3.96. The van der Waals surface area contributed by atoms with E-state index in [1.807, 2.05) is 19.1 Å². The van der Waals surface area contributed by atoms with Gasteiger partial charge in [-0.05, 0) is 47.8 Å². The maximum absolute atomic E-state index is 12.0. The molecule has 1 N–H and O–H groups in total. The predicted molar refractivity (Wildman–Crippen MR) is 94.9 cm³/mol. The van der Waals surface area contributed by atoms with E-state index in [2.05, 4.69) is 34.6 Å². The van der Waals surface area contributed by atoms with Crippen LogP contribution in [0.15, 0.2) is 12.1 Å². The summed E-state index contributed by atoms with van der Waals surface area (Å²) in [6, 6.07) is 3.78. The molecule has 1 aromatic rings. The van der Waals surface area contributed by atoms with Crippen molar-refractivity contribution in [3.63, 3.8) is 0 Å². The number of hydrogen-bond acceptors (Lipinski definition) is 3. The van der Waals surface area contributed by atoms with Crippen LogP contribution in [0.4, 0.5) is 0 Å². The number of benzene rings is 1. The second-order valence-corrected chi connectivity index (χ2v) is 7.85. The van der Waals surface area contributed by atoms with Gasteiger partial charge in [0.25, 0.3) is 0 Å². The Balaban J connectivity index is 2.60. The summed E-state index contributed by atoms with van der Waals surface area (Å²) in [5.41, 5.74) is 2.41. The van der Waals surface area contributed by atoms with E-state index in [1.165, 1.54) is 6.42 Å². The molecule has 23 heavy (non-hydrogen) atoms. The summed E-state index contributed by atoms with van der Waals surface area (Å²) in [6.07, 6.45) is 3.45. The topological polar surface area (TPSA) is 46.5 Å². The number of aryl methyl sites for hydroxylation is 1. The first-order valence-corrected chi connectivity index (χ1v) is 8.60. The van der Waals surface area contributed by atoms with Crippen LogP contribution in [0.2, 0.25) is 0 Å². The zero-order valence-corrected chi connectivity index (χ0v) is 15.5. The van der Waals surface area contributed by atoms with Crippen LogP contribution in [0.3, 0.4) is 0 Å². The van der Waals surface area contributed by atoms with E-state index < -0.39 is 0 Å². The lowest BCUT2D eigenvalue weighted by atomic mass is 9.84. The van der Waals surface area contributed by atoms with Crippen LogP contribution in [0.25, 0.3) is 0 Å². The highest BCUT2D eigenvalue weighted by Crippen LogP contribution is 2.34. The van der Waals surface area contributed by atoms with Gasteiger partial charge < -0.3 is 9.84 Å². The SMILES string of the molecule is Cc1cc(CC(=O)OCCCCC(C)C)cc(C(C)(C)C)c1O. The Kier molecular flexibility index (Phi) is 7.11. The standard InChI is InChI=1S/C20H32O3/c1-14(2)9-7-8-10-23-18(21)13-16-11-15(3)19(22)17(12-16)20(4,5)6/h11-12,14,22H,7-10,13H2,1-6H3. The highest BCUT2D eigenvalue weighted by Gasteiger charge is 2.20. The van der Waals surface area contributed by atoms with Gasteiger partial charge in [0.05, 0.1) is 13.0 Å². The first kappa shape index (κ1) is 19.5. The lowest BCUT2D eigenvalue weighted by Crippen LogP contribution is -2.14. The number of carbonyl (C=O) groups excluding carboxylic acids is 1. The van der Waals surface area contributed by atoms with Gasteiger partial charge in [-0.2, -0.15) is 0 Å². The number of phenols is 1. The zero-order chi connectivity index (χ0) is 17.6. The maximum Gasteiger partial charge on any atom is 0.310 e. The molecule has 0 atom stereocenters. The van der Waals surface area contributed by atoms with Gasteiger partial charge in [0.15, 0.2) is 0 Å². The molecule has 0 unspecified atom stereocenters. The van der Waals surface area contributed by atoms with E-state index in [9.17, 15) is 9.90 Å². The Labute approximate surface area is 141 Å². The van der Waals surface area contributed by atoms with Crippen molar-refractivity contribution >= 4 is 5.97 Å². The number of hydrogen-bond donors (Lipinski definition) is 1. The van der Waals surface area contributed by atoms with Crippen LogP contribution in [-0.2, 0) is 21.4 Å². The average molecular weight is 320 g/mol. The first-order chi connectivity index (χ1) is 10.6. The van der Waals surface area contributed by atoms with Crippen LogP contribution in [0, 0.1) is 12.8 Å². The van der Waals surface area contributed by atoms with Gasteiger partial charge in [-0.25, -0.2) is 0 Å². The third-order valence-corrected chi connectivity index (χ3v) is 3.96. The molecule has 1 rings (SSSR count). The molecular weight excluding hydrogens is 288 g/mol. The van der Waals surface area contributed by atoms with Gasteiger partial charge >= 0.3 is 5.97 Å². The summed E-state index contributed by atoms with van der Waals surface area (Å²) in [4.78, 5) is 12.0. The Hall–Kier alpha value is -1.51. The van der Waals surface area contributed by atoms with Crippen molar-refractivity contribution in [3.05, 3.63) is 28.8 Å². The molecule has 0 aromatic heterocycles. The number of esters is 1. The van der Waals surface area contributed by atoms with Crippen molar-refractivity contribution < 1.29 is 14.6 Å². The third kappa shape index (κ3) is 6.64. The fourth-order valence-electron chi connectivity index (χ4n) is 2.59. The average Bonchev–Trinajstić information content (AvgIpc) is 2.40. The van der Waals surface area contributed by atoms with Crippen LogP contribution in [0.1, 0.15) is 70.6 Å². The molecule has 0 heterocycles. The van der Waals surface area contributed by atoms with Crippen molar-refractivity contribution in [1.82, 2.24) is 0 Å². The largest absolute Gasteiger partial charge is 0.507 e. The lowest BCUT2D eigenvalue weighted by molar-refractivity contribution is -0.142. The molecule has 0 saturated heterocycles. The minimum absolute atomic E-state index is 0.161. The summed E-state index contributed by atoms with van der Waals surface area (Å²) < 4.78 is 5.32. The predicted octanol–water partition coefficient (Wildman–Crippen LogP) is 4.91. The van der Waals surface area contributed by atoms with E-state index in [4.69, 9.17) is 4.74 Å². The van der Waals surface area contributed by atoms with Crippen molar-refractivity contribution in [2.24, 2.45) is 5.92 Å². The number of ether oxygens (including phenoxy) is 1. The van der Waals surface area contributed by atoms with E-state index in [0.29, 0.717) is 18.3 Å². The van der Waals surface area contributed by atoms with Crippen LogP contribution < -0.4 is 0 Å². The van der Waals surface area contributed by atoms with Gasteiger partial charge in [-0.15, -0.1) is 0 Å². The second kappa shape index (κ2) is 8.37. The highest BCUT2D eigenvalue weighted by atomic mass is 16.5. The van der Waals surface area contributed by atoms with Gasteiger partial charge in [0.1, 0.15) is 5.75 Å². The van der Waals surface area contributed by atoms with E-state index in [0.717, 1.165) is 29.5 Å². The molecule has 0 amide bonds. The highest BCUT2D eigenvalue weighted by molar-refractivity contribution is 5.73. The molecule has 0 spiro atoms. The molecule has 130 valence electrons. The van der Waals surface area contributed by atoms with Gasteiger partial charge in [-0.3, -0.25) is 4.79 Å². The zero-order valence-electron chi connectivity index (χ0n) is 15.5. The Morgan fingerprint density at radius 2 is 1.87 bits per heavy atom. The fraction of sp³-hybridized carbons (Fsp3) is 0.650. The first-order valence-electron chi connectivity index (χ1n) is 8.60. The lowest BCUT2D eigenvalue weighted by Gasteiger charge is -2.22. The summed E-state index contributed by atoms with van der Waals surface area (Å²) in [7, 11) is 0. The molecule has 1 aromatic carbocycles. The molecule has 0 aliphatic rings. The van der Waals surface area contributed by atoms with Crippen molar-refractivity contribution in [1.29, 1.82) is 0 Å². The van der Waals surface area contributed by atoms with Crippen molar-refractivity contribution in [2.45, 2.75) is 72.6 Å². The number of rotatable bonds is 7. The minimum Gasteiger partial charge on any atom is -0.507 e. The molecule has 0 aliphatic heterocycles. The van der Waals surface area contributed by atoms with Crippen LogP contribution >= 0.6 is 0 Å². The number of phenolic OH excluding ortho intramolecular Hbond substituents is 1. The summed E-state index contributed by atoms with van der Waals surface area (Å²) in [6.45, 7) is 12.9. The maximum atomic E-state index is 12.0. The molecular formula is C20H32O3. The minimum atomic E-state index is -0.195. The molecule has 0 fully saturated rings. The van der Waals surface area contributed by atoms with E-state index >= 15 is 0 Å². The van der Waals surface area contributed by atoms with Crippen LogP contribution in [0.5, 0.6) is 5.75 Å². The smallest absolute Gasteiger partial charge is 0.310 e. The Morgan fingerprint density at radius 3 is 2.43 bits per heavy atom. The molecule has 0 aliphatic carbocycles. The summed E-state index contributed by atoms with van der Waals surface area (Å²) in [5.74, 6) is 0.823. The molecule has 3 heteroatoms. The van der Waals surface area contributed by atoms with E-state index in [-0.39, 0.29) is 17.8 Å². The summed E-state index contributed by atoms with van der Waals surface area (Å²) in [5, 5.41) is 10.2. The van der Waals surface area contributed by atoms with Crippen molar-refractivity contribution in [2.75, 3.05) is 6.61 Å². The van der Waals surface area contributed by atoms with Crippen LogP contribution in [-0.4, -0.2) is 17.7 Å². The number of carbonyl (C=O) groups is 1. The Morgan fingerprint density at radius 1 is 1.22 bits per heavy atom. The molecule has 0 saturated carbocycles. The van der Waals surface area contributed by atoms with Gasteiger partial charge in [-0.1, -0.05) is 53.2 Å². The normalized spacial score (nSPS) is 11.8. The molecule has 3 nitrogen and oxygen atoms in total. The van der Waals surface area contributed by atoms with Gasteiger partial charge in [0.2, 0.25) is 0 Å². The number of aromatic hydroxyl groups is 1. The van der Waals surface area contributed by atoms with Gasteiger partial charge in [0, 0.05) is 0 Å². The molecule has 0 bridgehead atoms. The van der Waals surface area contributed by atoms with E-state index in [1.54, 1.807) is 0 Å². The number of unbranched alkanes of at least 4 members (excludes halogenated alkanes) is 1. The molecule has 0 radical (unpaired) electrons. The Bertz CT molecular complexity index is 524.